The number of amides is 1. The lowest BCUT2D eigenvalue weighted by atomic mass is 9.93. The normalized spacial score (nSPS) is 25.3. The van der Waals surface area contributed by atoms with E-state index in [1.165, 1.54) is 0 Å². The zero-order chi connectivity index (χ0) is 11.5. The Morgan fingerprint density at radius 3 is 2.69 bits per heavy atom. The number of hydrogen-bond donors (Lipinski definition) is 4. The van der Waals surface area contributed by atoms with Gasteiger partial charge in [-0.05, 0) is 31.7 Å². The molecule has 0 spiro atoms. The molecule has 1 aromatic rings. The van der Waals surface area contributed by atoms with Crippen molar-refractivity contribution < 1.29 is 9.90 Å². The molecule has 1 saturated carbocycles. The van der Waals surface area contributed by atoms with Crippen LogP contribution in [0.25, 0.3) is 0 Å². The van der Waals surface area contributed by atoms with Crippen molar-refractivity contribution in [2.24, 2.45) is 0 Å². The third-order valence-electron chi connectivity index (χ3n) is 2.98. The topological polar surface area (TPSA) is 91.1 Å². The number of carbonyl (C=O) groups is 1. The second-order valence-corrected chi connectivity index (χ2v) is 4.33. The van der Waals surface area contributed by atoms with Gasteiger partial charge in [0.15, 0.2) is 0 Å². The number of aromatic amines is 1. The fourth-order valence-corrected chi connectivity index (χ4v) is 2.03. The summed E-state index contributed by atoms with van der Waals surface area (Å²) in [5.74, 6) is -0.127. The molecule has 0 aliphatic heterocycles. The molecule has 0 atom stereocenters. The van der Waals surface area contributed by atoms with Gasteiger partial charge in [-0.3, -0.25) is 4.79 Å². The van der Waals surface area contributed by atoms with Gasteiger partial charge >= 0.3 is 0 Å². The number of nitrogens with two attached hydrogens (primary N) is 1. The Morgan fingerprint density at radius 2 is 2.12 bits per heavy atom. The highest BCUT2D eigenvalue weighted by Crippen LogP contribution is 2.18. The number of aliphatic hydroxyl groups is 1. The van der Waals surface area contributed by atoms with Gasteiger partial charge in [-0.25, -0.2) is 0 Å². The van der Waals surface area contributed by atoms with Gasteiger partial charge in [-0.1, -0.05) is 0 Å². The van der Waals surface area contributed by atoms with Crippen LogP contribution in [0.15, 0.2) is 12.3 Å². The van der Waals surface area contributed by atoms with Crippen LogP contribution in [0.4, 0.5) is 5.69 Å². The second-order valence-electron chi connectivity index (χ2n) is 4.33. The lowest BCUT2D eigenvalue weighted by Crippen LogP contribution is -2.38. The largest absolute Gasteiger partial charge is 0.397 e. The van der Waals surface area contributed by atoms with Crippen LogP contribution in [-0.4, -0.2) is 28.1 Å². The fraction of sp³-hybridized carbons (Fsp3) is 0.545. The van der Waals surface area contributed by atoms with Crippen molar-refractivity contribution in [2.75, 3.05) is 5.73 Å². The minimum absolute atomic E-state index is 0.127. The molecule has 0 saturated heterocycles. The highest BCUT2D eigenvalue weighted by atomic mass is 16.3. The minimum Gasteiger partial charge on any atom is -0.397 e. The van der Waals surface area contributed by atoms with Crippen LogP contribution in [0, 0.1) is 0 Å². The zero-order valence-corrected chi connectivity index (χ0v) is 9.07. The molecule has 1 aliphatic carbocycles. The minimum atomic E-state index is -0.200. The van der Waals surface area contributed by atoms with Crippen LogP contribution in [-0.2, 0) is 0 Å². The molecule has 1 aromatic heterocycles. The molecule has 16 heavy (non-hydrogen) atoms. The van der Waals surface area contributed by atoms with E-state index in [0.717, 1.165) is 25.7 Å². The lowest BCUT2D eigenvalue weighted by Gasteiger charge is -2.25. The Labute approximate surface area is 94.0 Å². The van der Waals surface area contributed by atoms with E-state index in [1.807, 2.05) is 0 Å². The quantitative estimate of drug-likeness (QED) is 0.592. The van der Waals surface area contributed by atoms with Gasteiger partial charge in [0.05, 0.1) is 6.10 Å². The number of nitrogens with one attached hydrogen (secondary N) is 2. The predicted octanol–water partition coefficient (Wildman–Crippen LogP) is 0.630. The number of hydrogen-bond acceptors (Lipinski definition) is 3. The van der Waals surface area contributed by atoms with Crippen LogP contribution >= 0.6 is 0 Å². The summed E-state index contributed by atoms with van der Waals surface area (Å²) in [7, 11) is 0. The highest BCUT2D eigenvalue weighted by Gasteiger charge is 2.21. The molecule has 88 valence electrons. The van der Waals surface area contributed by atoms with E-state index in [-0.39, 0.29) is 18.1 Å². The molecule has 1 heterocycles. The van der Waals surface area contributed by atoms with Crippen molar-refractivity contribution in [1.82, 2.24) is 10.3 Å². The maximum Gasteiger partial charge on any atom is 0.267 e. The van der Waals surface area contributed by atoms with E-state index in [9.17, 15) is 9.90 Å². The van der Waals surface area contributed by atoms with Crippen LogP contribution in [0.2, 0.25) is 0 Å². The molecule has 1 fully saturated rings. The average Bonchev–Trinajstić information content (AvgIpc) is 2.68. The summed E-state index contributed by atoms with van der Waals surface area (Å²) in [6, 6.07) is 1.79. The van der Waals surface area contributed by atoms with Gasteiger partial charge in [0.2, 0.25) is 0 Å². The van der Waals surface area contributed by atoms with Gasteiger partial charge in [0.25, 0.3) is 5.91 Å². The smallest absolute Gasteiger partial charge is 0.267 e. The van der Waals surface area contributed by atoms with Crippen molar-refractivity contribution in [3.05, 3.63) is 18.0 Å². The van der Waals surface area contributed by atoms with Crippen molar-refractivity contribution >= 4 is 11.6 Å². The number of aromatic nitrogens is 1. The molecule has 0 aromatic carbocycles. The Balaban J connectivity index is 1.88. The van der Waals surface area contributed by atoms with E-state index >= 15 is 0 Å². The number of rotatable bonds is 2. The summed E-state index contributed by atoms with van der Waals surface area (Å²) >= 11 is 0. The molecule has 1 aliphatic rings. The van der Waals surface area contributed by atoms with Crippen molar-refractivity contribution in [2.45, 2.75) is 37.8 Å². The Morgan fingerprint density at radius 1 is 1.44 bits per heavy atom. The van der Waals surface area contributed by atoms with Crippen molar-refractivity contribution in [3.63, 3.8) is 0 Å². The first-order valence-corrected chi connectivity index (χ1v) is 5.58. The van der Waals surface area contributed by atoms with E-state index in [1.54, 1.807) is 12.3 Å². The first kappa shape index (κ1) is 11.0. The molecule has 5 heteroatoms. The molecule has 2 rings (SSSR count). The lowest BCUT2D eigenvalue weighted by molar-refractivity contribution is 0.0864. The van der Waals surface area contributed by atoms with Gasteiger partial charge < -0.3 is 21.1 Å². The van der Waals surface area contributed by atoms with Crippen molar-refractivity contribution in [3.8, 4) is 0 Å². The number of aliphatic hydroxyl groups excluding tert-OH is 1. The number of H-pyrrole nitrogens is 1. The van der Waals surface area contributed by atoms with Crippen LogP contribution in [0.3, 0.4) is 0 Å². The molecular formula is C11H17N3O2. The van der Waals surface area contributed by atoms with E-state index < -0.39 is 0 Å². The molecule has 0 unspecified atom stereocenters. The Kier molecular flexibility index (Phi) is 3.14. The third-order valence-corrected chi connectivity index (χ3v) is 2.98. The van der Waals surface area contributed by atoms with Gasteiger partial charge in [0, 0.05) is 17.9 Å². The SMILES string of the molecule is Nc1c[nH]c(C(=O)NC2CCC(O)CC2)c1. The maximum atomic E-state index is 11.7. The molecule has 5 nitrogen and oxygen atoms in total. The van der Waals surface area contributed by atoms with E-state index in [0.29, 0.717) is 11.4 Å². The first-order chi connectivity index (χ1) is 7.65. The van der Waals surface area contributed by atoms with Gasteiger partial charge in [-0.2, -0.15) is 0 Å². The summed E-state index contributed by atoms with van der Waals surface area (Å²) < 4.78 is 0. The summed E-state index contributed by atoms with van der Waals surface area (Å²) in [6.45, 7) is 0. The molecule has 0 bridgehead atoms. The third kappa shape index (κ3) is 2.55. The summed E-state index contributed by atoms with van der Waals surface area (Å²) in [5, 5.41) is 12.3. The molecule has 5 N–H and O–H groups in total. The Bertz CT molecular complexity index is 367. The standard InChI is InChI=1S/C11H17N3O2/c12-7-5-10(13-6-7)11(16)14-8-1-3-9(15)4-2-8/h5-6,8-9,13,15H,1-4,12H2,(H,14,16). The summed E-state index contributed by atoms with van der Waals surface area (Å²) in [4.78, 5) is 14.6. The fourth-order valence-electron chi connectivity index (χ4n) is 2.03. The molecule has 0 radical (unpaired) electrons. The second kappa shape index (κ2) is 4.57. The van der Waals surface area contributed by atoms with Crippen molar-refractivity contribution in [1.29, 1.82) is 0 Å². The van der Waals surface area contributed by atoms with E-state index in [4.69, 9.17) is 5.73 Å². The number of carbonyl (C=O) groups excluding carboxylic acids is 1. The predicted molar refractivity (Wildman–Crippen MR) is 60.9 cm³/mol. The molecular weight excluding hydrogens is 206 g/mol. The number of nitrogen functional groups attached to an aromatic ring is 1. The summed E-state index contributed by atoms with van der Waals surface area (Å²) in [6.07, 6.45) is 4.59. The Hall–Kier alpha value is -1.49. The zero-order valence-electron chi connectivity index (χ0n) is 9.07. The maximum absolute atomic E-state index is 11.7. The summed E-state index contributed by atoms with van der Waals surface area (Å²) in [5.41, 5.74) is 6.57. The van der Waals surface area contributed by atoms with Gasteiger partial charge in [0.1, 0.15) is 5.69 Å². The molecule has 1 amide bonds. The monoisotopic (exact) mass is 223 g/mol. The van der Waals surface area contributed by atoms with Crippen LogP contribution < -0.4 is 11.1 Å². The highest BCUT2D eigenvalue weighted by molar-refractivity contribution is 5.93. The average molecular weight is 223 g/mol. The first-order valence-electron chi connectivity index (χ1n) is 5.58. The van der Waals surface area contributed by atoms with Crippen LogP contribution in [0.1, 0.15) is 36.2 Å². The van der Waals surface area contributed by atoms with Crippen LogP contribution in [0.5, 0.6) is 0 Å². The number of anilines is 1. The van der Waals surface area contributed by atoms with Gasteiger partial charge in [-0.15, -0.1) is 0 Å². The van der Waals surface area contributed by atoms with E-state index in [2.05, 4.69) is 10.3 Å².